The number of halogens is 2. The lowest BCUT2D eigenvalue weighted by Gasteiger charge is -2.32. The van der Waals surface area contributed by atoms with Crippen molar-refractivity contribution in [3.05, 3.63) is 53.4 Å². The second kappa shape index (κ2) is 9.51. The molecule has 1 aliphatic heterocycles. The predicted octanol–water partition coefficient (Wildman–Crippen LogP) is 3.08. The highest BCUT2D eigenvalue weighted by Gasteiger charge is 2.25. The highest BCUT2D eigenvalue weighted by Crippen LogP contribution is 2.29. The Morgan fingerprint density at radius 1 is 1.15 bits per heavy atom. The molecule has 0 aliphatic carbocycles. The van der Waals surface area contributed by atoms with E-state index in [0.29, 0.717) is 36.4 Å². The lowest BCUT2D eigenvalue weighted by atomic mass is 10.0. The molecule has 0 bridgehead atoms. The van der Waals surface area contributed by atoms with Gasteiger partial charge in [-0.3, -0.25) is 9.59 Å². The van der Waals surface area contributed by atoms with Crippen molar-refractivity contribution in [3.8, 4) is 0 Å². The number of carbonyl (C=O) groups excluding carboxylic acids is 2. The minimum atomic E-state index is -0.719. The Bertz CT molecular complexity index is 1170. The highest BCUT2D eigenvalue weighted by atomic mass is 19.1. The largest absolute Gasteiger partial charge is 0.381 e. The summed E-state index contributed by atoms with van der Waals surface area (Å²) in [5.41, 5.74) is 1.28. The third kappa shape index (κ3) is 4.64. The predicted molar refractivity (Wildman–Crippen MR) is 120 cm³/mol. The number of fused-ring (bicyclic) bond motifs is 1. The number of nitrogens with one attached hydrogen (secondary N) is 2. The maximum absolute atomic E-state index is 14.0. The van der Waals surface area contributed by atoms with Gasteiger partial charge in [0.05, 0.1) is 22.8 Å². The molecular weight excluding hydrogens is 430 g/mol. The van der Waals surface area contributed by atoms with E-state index in [-0.39, 0.29) is 29.6 Å². The number of pyridine rings is 1. The van der Waals surface area contributed by atoms with E-state index in [2.05, 4.69) is 20.7 Å². The molecule has 0 unspecified atom stereocenters. The molecule has 1 aliphatic rings. The molecular formula is C23H26F2N6O2. The van der Waals surface area contributed by atoms with Gasteiger partial charge in [-0.2, -0.15) is 5.10 Å². The Morgan fingerprint density at radius 2 is 1.85 bits per heavy atom. The molecule has 0 spiro atoms. The smallest absolute Gasteiger partial charge is 0.255 e. The van der Waals surface area contributed by atoms with E-state index in [1.165, 1.54) is 12.3 Å². The topological polar surface area (TPSA) is 92.2 Å². The molecule has 0 radical (unpaired) electrons. The van der Waals surface area contributed by atoms with Crippen LogP contribution in [0.25, 0.3) is 11.0 Å². The Morgan fingerprint density at radius 3 is 2.48 bits per heavy atom. The van der Waals surface area contributed by atoms with Gasteiger partial charge in [0, 0.05) is 50.9 Å². The number of amides is 2. The fraction of sp³-hybridized carbons (Fsp3) is 0.391. The van der Waals surface area contributed by atoms with Gasteiger partial charge in [0.15, 0.2) is 5.65 Å². The van der Waals surface area contributed by atoms with Crippen LogP contribution in [0.1, 0.15) is 42.6 Å². The zero-order valence-electron chi connectivity index (χ0n) is 18.6. The van der Waals surface area contributed by atoms with Crippen molar-refractivity contribution in [3.63, 3.8) is 0 Å². The van der Waals surface area contributed by atoms with Gasteiger partial charge >= 0.3 is 0 Å². The quantitative estimate of drug-likeness (QED) is 0.595. The van der Waals surface area contributed by atoms with Crippen molar-refractivity contribution >= 4 is 28.5 Å². The molecule has 0 saturated carbocycles. The molecule has 1 fully saturated rings. The van der Waals surface area contributed by atoms with Crippen molar-refractivity contribution < 1.29 is 18.4 Å². The van der Waals surface area contributed by atoms with Gasteiger partial charge in [0.25, 0.3) is 5.91 Å². The maximum atomic E-state index is 14.0. The monoisotopic (exact) mass is 456 g/mol. The van der Waals surface area contributed by atoms with Gasteiger partial charge in [-0.15, -0.1) is 0 Å². The number of aryl methyl sites for hydroxylation is 1. The van der Waals surface area contributed by atoms with Crippen molar-refractivity contribution in [1.82, 2.24) is 25.0 Å². The lowest BCUT2D eigenvalue weighted by Crippen LogP contribution is -2.41. The van der Waals surface area contributed by atoms with Gasteiger partial charge in [-0.05, 0) is 31.9 Å². The Kier molecular flexibility index (Phi) is 6.52. The van der Waals surface area contributed by atoms with Crippen molar-refractivity contribution in [2.24, 2.45) is 0 Å². The van der Waals surface area contributed by atoms with Crippen LogP contribution in [0.15, 0.2) is 30.6 Å². The summed E-state index contributed by atoms with van der Waals surface area (Å²) in [7, 11) is 0. The van der Waals surface area contributed by atoms with E-state index in [9.17, 15) is 18.4 Å². The van der Waals surface area contributed by atoms with Gasteiger partial charge in [0.1, 0.15) is 11.6 Å². The zero-order valence-corrected chi connectivity index (χ0v) is 18.6. The van der Waals surface area contributed by atoms with Crippen molar-refractivity contribution in [2.45, 2.75) is 45.8 Å². The molecule has 2 amide bonds. The lowest BCUT2D eigenvalue weighted by molar-refractivity contribution is -0.129. The van der Waals surface area contributed by atoms with Crippen LogP contribution in [0.3, 0.4) is 0 Å². The first-order valence-electron chi connectivity index (χ1n) is 11.0. The minimum Gasteiger partial charge on any atom is -0.381 e. The second-order valence-corrected chi connectivity index (χ2v) is 8.05. The molecule has 174 valence electrons. The van der Waals surface area contributed by atoms with Crippen LogP contribution in [0.4, 0.5) is 14.5 Å². The fourth-order valence-electron chi connectivity index (χ4n) is 4.09. The fourth-order valence-corrected chi connectivity index (χ4v) is 4.09. The normalized spacial score (nSPS) is 14.5. The number of nitrogens with zero attached hydrogens (tertiary/aromatic N) is 4. The summed E-state index contributed by atoms with van der Waals surface area (Å²) in [6, 6.07) is 3.63. The van der Waals surface area contributed by atoms with Crippen molar-refractivity contribution in [1.29, 1.82) is 0 Å². The Balaban J connectivity index is 1.60. The number of benzene rings is 1. The summed E-state index contributed by atoms with van der Waals surface area (Å²) in [4.78, 5) is 30.9. The Hall–Kier alpha value is -3.56. The molecule has 0 atom stereocenters. The first-order chi connectivity index (χ1) is 15.9. The van der Waals surface area contributed by atoms with E-state index in [1.807, 2.05) is 6.92 Å². The number of aromatic nitrogens is 3. The van der Waals surface area contributed by atoms with Gasteiger partial charge in [0.2, 0.25) is 5.91 Å². The summed E-state index contributed by atoms with van der Waals surface area (Å²) in [5, 5.41) is 11.1. The molecule has 2 aromatic heterocycles. The van der Waals surface area contributed by atoms with Crippen molar-refractivity contribution in [2.75, 3.05) is 18.4 Å². The van der Waals surface area contributed by atoms with Crippen LogP contribution in [-0.4, -0.2) is 50.6 Å². The summed E-state index contributed by atoms with van der Waals surface area (Å²) in [5.74, 6) is -1.89. The molecule has 33 heavy (non-hydrogen) atoms. The van der Waals surface area contributed by atoms with Crippen LogP contribution in [0, 0.1) is 11.6 Å². The maximum Gasteiger partial charge on any atom is 0.255 e. The average Bonchev–Trinajstić information content (AvgIpc) is 3.23. The third-order valence-electron chi connectivity index (χ3n) is 5.99. The number of hydrogen-bond donors (Lipinski definition) is 2. The van der Waals surface area contributed by atoms with E-state index in [4.69, 9.17) is 0 Å². The van der Waals surface area contributed by atoms with Crippen LogP contribution in [-0.2, 0) is 17.9 Å². The van der Waals surface area contributed by atoms with Crippen LogP contribution in [0.2, 0.25) is 0 Å². The van der Waals surface area contributed by atoms with Crippen LogP contribution < -0.4 is 10.6 Å². The van der Waals surface area contributed by atoms with E-state index in [0.717, 1.165) is 25.0 Å². The highest BCUT2D eigenvalue weighted by molar-refractivity contribution is 6.06. The number of rotatable bonds is 6. The summed E-state index contributed by atoms with van der Waals surface area (Å²) < 4.78 is 29.7. The van der Waals surface area contributed by atoms with E-state index in [1.54, 1.807) is 22.7 Å². The summed E-state index contributed by atoms with van der Waals surface area (Å²) in [6.45, 7) is 5.08. The molecule has 3 heterocycles. The third-order valence-corrected chi connectivity index (χ3v) is 5.99. The Labute approximate surface area is 190 Å². The summed E-state index contributed by atoms with van der Waals surface area (Å²) in [6.07, 6.45) is 4.57. The molecule has 2 N–H and O–H groups in total. The minimum absolute atomic E-state index is 0.0458. The SMILES string of the molecule is CCn1ncc2c(NC3CCN(C(C)=O)CC3)c(C(=O)NCc3c(F)cccc3F)cnc21. The number of likely N-dealkylation sites (tertiary alicyclic amines) is 1. The van der Waals surface area contributed by atoms with E-state index >= 15 is 0 Å². The first-order valence-corrected chi connectivity index (χ1v) is 11.0. The number of anilines is 1. The summed E-state index contributed by atoms with van der Waals surface area (Å²) >= 11 is 0. The number of piperidine rings is 1. The molecule has 4 rings (SSSR count). The van der Waals surface area contributed by atoms with Gasteiger partial charge in [-0.25, -0.2) is 18.4 Å². The van der Waals surface area contributed by atoms with Crippen LogP contribution >= 0.6 is 0 Å². The molecule has 3 aromatic rings. The zero-order chi connectivity index (χ0) is 23.5. The molecule has 1 aromatic carbocycles. The van der Waals surface area contributed by atoms with Gasteiger partial charge in [-0.1, -0.05) is 6.07 Å². The number of carbonyl (C=O) groups is 2. The molecule has 10 heteroatoms. The van der Waals surface area contributed by atoms with Gasteiger partial charge < -0.3 is 15.5 Å². The number of hydrogen-bond acceptors (Lipinski definition) is 5. The standard InChI is InChI=1S/C23H26F2N6O2/c1-3-31-22-17(13-28-31)21(29-15-7-9-30(10-8-15)14(2)32)18(12-26-22)23(33)27-11-16-19(24)5-4-6-20(16)25/h4-6,12-13,15H,3,7-11H2,1-2H3,(H,26,29)(H,27,33). The van der Waals surface area contributed by atoms with E-state index < -0.39 is 17.5 Å². The first kappa shape index (κ1) is 22.6. The average molecular weight is 456 g/mol. The van der Waals surface area contributed by atoms with Crippen LogP contribution in [0.5, 0.6) is 0 Å². The molecule has 8 nitrogen and oxygen atoms in total. The second-order valence-electron chi connectivity index (χ2n) is 8.05. The molecule has 1 saturated heterocycles.